The Morgan fingerprint density at radius 3 is 2.71 bits per heavy atom. The summed E-state index contributed by atoms with van der Waals surface area (Å²) in [4.78, 5) is 20.7. The molecule has 0 aliphatic carbocycles. The Balaban J connectivity index is 1.84. The van der Waals surface area contributed by atoms with E-state index in [4.69, 9.17) is 23.2 Å². The van der Waals surface area contributed by atoms with Crippen LogP contribution < -0.4 is 5.56 Å². The van der Waals surface area contributed by atoms with Crippen LogP contribution >= 0.6 is 23.2 Å². The van der Waals surface area contributed by atoms with Crippen LogP contribution in [-0.2, 0) is 29.3 Å². The number of aromatic amines is 1. The van der Waals surface area contributed by atoms with Crippen molar-refractivity contribution < 1.29 is 8.42 Å². The summed E-state index contributed by atoms with van der Waals surface area (Å²) in [6.07, 6.45) is 1.54. The minimum atomic E-state index is -3.54. The molecule has 0 unspecified atom stereocenters. The number of fused-ring (bicyclic) bond motifs is 1. The number of H-pyrrole nitrogens is 1. The first-order valence-electron chi connectivity index (χ1n) is 7.22. The van der Waals surface area contributed by atoms with E-state index in [-0.39, 0.29) is 5.16 Å². The third-order valence-electron chi connectivity index (χ3n) is 3.87. The third-order valence-corrected chi connectivity index (χ3v) is 5.50. The molecule has 0 saturated carbocycles. The zero-order chi connectivity index (χ0) is 17.5. The molecule has 9 heteroatoms. The first-order chi connectivity index (χ1) is 11.2. The average Bonchev–Trinajstić information content (AvgIpc) is 2.50. The van der Waals surface area contributed by atoms with Gasteiger partial charge < -0.3 is 0 Å². The summed E-state index contributed by atoms with van der Waals surface area (Å²) in [5, 5.41) is 0.714. The summed E-state index contributed by atoms with van der Waals surface area (Å²) in [5.74, 6) is 0. The van der Waals surface area contributed by atoms with Crippen LogP contribution in [0, 0.1) is 0 Å². The summed E-state index contributed by atoms with van der Waals surface area (Å²) in [6, 6.07) is 5.43. The van der Waals surface area contributed by atoms with Gasteiger partial charge in [0.2, 0.25) is 15.0 Å². The Morgan fingerprint density at radius 1 is 1.29 bits per heavy atom. The molecule has 0 saturated heterocycles. The Hall–Kier alpha value is -1.41. The fraction of sp³-hybridized carbons (Fsp3) is 0.333. The van der Waals surface area contributed by atoms with Crippen LogP contribution in [0.1, 0.15) is 16.8 Å². The van der Waals surface area contributed by atoms with Gasteiger partial charge >= 0.3 is 0 Å². The van der Waals surface area contributed by atoms with Gasteiger partial charge in [0.25, 0.3) is 5.56 Å². The maximum Gasteiger partial charge on any atom is 0.256 e. The van der Waals surface area contributed by atoms with Gasteiger partial charge in [-0.05, 0) is 17.7 Å². The van der Waals surface area contributed by atoms with Gasteiger partial charge in [-0.2, -0.15) is 0 Å². The second kappa shape index (κ2) is 6.48. The molecule has 2 heterocycles. The average molecular weight is 388 g/mol. The van der Waals surface area contributed by atoms with E-state index in [1.165, 1.54) is 0 Å². The van der Waals surface area contributed by atoms with Gasteiger partial charge in [0, 0.05) is 32.3 Å². The van der Waals surface area contributed by atoms with Crippen LogP contribution in [0.15, 0.2) is 28.2 Å². The van der Waals surface area contributed by atoms with Gasteiger partial charge in [0.1, 0.15) is 0 Å². The lowest BCUT2D eigenvalue weighted by Gasteiger charge is -2.27. The third kappa shape index (κ3) is 3.64. The first-order valence-corrected chi connectivity index (χ1v) is 9.87. The lowest BCUT2D eigenvalue weighted by molar-refractivity contribution is 0.241. The minimum Gasteiger partial charge on any atom is -0.297 e. The topological polar surface area (TPSA) is 83.1 Å². The van der Waals surface area contributed by atoms with Crippen LogP contribution in [0.5, 0.6) is 0 Å². The predicted octanol–water partition coefficient (Wildman–Crippen LogP) is 2.04. The van der Waals surface area contributed by atoms with E-state index in [9.17, 15) is 13.2 Å². The van der Waals surface area contributed by atoms with Gasteiger partial charge in [0.15, 0.2) is 0 Å². The van der Waals surface area contributed by atoms with Crippen molar-refractivity contribution in [3.63, 3.8) is 0 Å². The van der Waals surface area contributed by atoms with Crippen molar-refractivity contribution in [1.29, 1.82) is 0 Å². The number of aromatic nitrogens is 2. The Kier molecular flexibility index (Phi) is 4.70. The number of rotatable bonds is 3. The quantitative estimate of drug-likeness (QED) is 0.814. The van der Waals surface area contributed by atoms with E-state index in [1.54, 1.807) is 12.1 Å². The number of benzene rings is 1. The largest absolute Gasteiger partial charge is 0.297 e. The molecule has 128 valence electrons. The highest BCUT2D eigenvalue weighted by Crippen LogP contribution is 2.24. The zero-order valence-electron chi connectivity index (χ0n) is 12.8. The van der Waals surface area contributed by atoms with Gasteiger partial charge in [-0.15, -0.1) is 0 Å². The molecule has 0 radical (unpaired) electrons. The molecule has 1 aromatic heterocycles. The molecule has 6 nitrogen and oxygen atoms in total. The molecule has 1 N–H and O–H groups in total. The van der Waals surface area contributed by atoms with Crippen molar-refractivity contribution in [2.45, 2.75) is 24.7 Å². The maximum atomic E-state index is 12.2. The molecular formula is C15H15Cl2N3O3S. The normalized spacial score (nSPS) is 15.3. The van der Waals surface area contributed by atoms with Crippen LogP contribution in [-0.4, -0.2) is 36.1 Å². The van der Waals surface area contributed by atoms with E-state index in [2.05, 4.69) is 14.9 Å². The van der Waals surface area contributed by atoms with Crippen LogP contribution in [0.4, 0.5) is 0 Å². The molecule has 3 rings (SSSR count). The van der Waals surface area contributed by atoms with Crippen molar-refractivity contribution in [2.75, 3.05) is 12.8 Å². The number of nitrogens with zero attached hydrogens (tertiary/aromatic N) is 2. The fourth-order valence-electron chi connectivity index (χ4n) is 2.66. The SMILES string of the molecule is CS(=O)(=O)c1nc2c(c(=O)[nH]1)CN(Cc1ccc(Cl)c(Cl)c1)CC2. The minimum absolute atomic E-state index is 0.274. The number of hydrogen-bond donors (Lipinski definition) is 1. The van der Waals surface area contributed by atoms with Crippen molar-refractivity contribution in [3.8, 4) is 0 Å². The summed E-state index contributed by atoms with van der Waals surface area (Å²) >= 11 is 11.9. The second-order valence-corrected chi connectivity index (χ2v) is 8.52. The van der Waals surface area contributed by atoms with Crippen LogP contribution in [0.3, 0.4) is 0 Å². The molecule has 1 aliphatic heterocycles. The molecule has 0 amide bonds. The first kappa shape index (κ1) is 17.4. The summed E-state index contributed by atoms with van der Waals surface area (Å²) in [7, 11) is -3.54. The highest BCUT2D eigenvalue weighted by Gasteiger charge is 2.23. The lowest BCUT2D eigenvalue weighted by Crippen LogP contribution is -2.36. The smallest absolute Gasteiger partial charge is 0.256 e. The van der Waals surface area contributed by atoms with Crippen molar-refractivity contribution in [1.82, 2.24) is 14.9 Å². The standard InChI is InChI=1S/C15H15Cl2N3O3S/c1-24(22,23)15-18-13-4-5-20(8-10(13)14(21)19-15)7-9-2-3-11(16)12(17)6-9/h2-3,6H,4-5,7-8H2,1H3,(H,18,19,21). The Morgan fingerprint density at radius 2 is 2.04 bits per heavy atom. The molecule has 0 atom stereocenters. The van der Waals surface area contributed by atoms with E-state index in [1.807, 2.05) is 6.07 Å². The Labute approximate surface area is 149 Å². The van der Waals surface area contributed by atoms with E-state index in [0.29, 0.717) is 47.4 Å². The second-order valence-electron chi connectivity index (χ2n) is 5.78. The predicted molar refractivity (Wildman–Crippen MR) is 92.2 cm³/mol. The van der Waals surface area contributed by atoms with Crippen molar-refractivity contribution in [3.05, 3.63) is 55.4 Å². The fourth-order valence-corrected chi connectivity index (χ4v) is 3.54. The van der Waals surface area contributed by atoms with Crippen LogP contribution in [0.2, 0.25) is 10.0 Å². The van der Waals surface area contributed by atoms with E-state index >= 15 is 0 Å². The van der Waals surface area contributed by atoms with Gasteiger partial charge in [0.05, 0.1) is 21.3 Å². The van der Waals surface area contributed by atoms with E-state index < -0.39 is 15.4 Å². The molecule has 0 spiro atoms. The lowest BCUT2D eigenvalue weighted by atomic mass is 10.1. The van der Waals surface area contributed by atoms with Gasteiger partial charge in [-0.25, -0.2) is 13.4 Å². The monoisotopic (exact) mass is 387 g/mol. The van der Waals surface area contributed by atoms with Crippen LogP contribution in [0.25, 0.3) is 0 Å². The molecular weight excluding hydrogens is 373 g/mol. The zero-order valence-corrected chi connectivity index (χ0v) is 15.2. The van der Waals surface area contributed by atoms with Crippen molar-refractivity contribution in [2.24, 2.45) is 0 Å². The number of hydrogen-bond acceptors (Lipinski definition) is 5. The Bertz CT molecular complexity index is 957. The van der Waals surface area contributed by atoms with Gasteiger partial charge in [-0.1, -0.05) is 29.3 Å². The molecule has 0 fully saturated rings. The molecule has 2 aromatic rings. The summed E-state index contributed by atoms with van der Waals surface area (Å²) in [5.41, 5.74) is 1.64. The molecule has 0 bridgehead atoms. The van der Waals surface area contributed by atoms with E-state index in [0.717, 1.165) is 11.8 Å². The molecule has 24 heavy (non-hydrogen) atoms. The maximum absolute atomic E-state index is 12.2. The van der Waals surface area contributed by atoms with Gasteiger partial charge in [-0.3, -0.25) is 14.7 Å². The number of sulfone groups is 1. The van der Waals surface area contributed by atoms with Crippen molar-refractivity contribution >= 4 is 33.0 Å². The number of nitrogens with one attached hydrogen (secondary N) is 1. The highest BCUT2D eigenvalue weighted by molar-refractivity contribution is 7.90. The highest BCUT2D eigenvalue weighted by atomic mass is 35.5. The summed E-state index contributed by atoms with van der Waals surface area (Å²) < 4.78 is 23.1. The number of halogens is 2. The molecule has 1 aromatic carbocycles. The molecule has 1 aliphatic rings. The summed E-state index contributed by atoms with van der Waals surface area (Å²) in [6.45, 7) is 1.69.